The lowest BCUT2D eigenvalue weighted by Gasteiger charge is -2.14. The zero-order chi connectivity index (χ0) is 22.0. The first-order valence-electron chi connectivity index (χ1n) is 10.2. The molecule has 0 bridgehead atoms. The number of ether oxygens (including phenoxy) is 1. The van der Waals surface area contributed by atoms with Crippen LogP contribution in [0.25, 0.3) is 0 Å². The lowest BCUT2D eigenvalue weighted by atomic mass is 10.0. The zero-order valence-electron chi connectivity index (χ0n) is 17.3. The Morgan fingerprint density at radius 1 is 0.903 bits per heavy atom. The summed E-state index contributed by atoms with van der Waals surface area (Å²) < 4.78 is 5.41. The van der Waals surface area contributed by atoms with E-state index in [9.17, 15) is 14.4 Å². The molecule has 0 unspecified atom stereocenters. The Kier molecular flexibility index (Phi) is 5.54. The van der Waals surface area contributed by atoms with Gasteiger partial charge in [-0.2, -0.15) is 0 Å². The van der Waals surface area contributed by atoms with Crippen molar-refractivity contribution in [2.24, 2.45) is 0 Å². The maximum atomic E-state index is 13.0. The number of hydrogen-bond donors (Lipinski definition) is 1. The Hall–Kier alpha value is -3.93. The highest BCUT2D eigenvalue weighted by Gasteiger charge is 2.37. The number of nitrogens with one attached hydrogen (secondary N) is 1. The number of nitrogens with zero attached hydrogens (tertiary/aromatic N) is 1. The van der Waals surface area contributed by atoms with Gasteiger partial charge in [-0.1, -0.05) is 25.1 Å². The van der Waals surface area contributed by atoms with Gasteiger partial charge in [0.1, 0.15) is 5.75 Å². The van der Waals surface area contributed by atoms with Crippen LogP contribution in [-0.4, -0.2) is 24.3 Å². The molecule has 3 aromatic rings. The van der Waals surface area contributed by atoms with Crippen LogP contribution >= 0.6 is 0 Å². The van der Waals surface area contributed by atoms with Gasteiger partial charge in [0.2, 0.25) is 0 Å². The van der Waals surface area contributed by atoms with E-state index < -0.39 is 11.8 Å². The molecule has 0 saturated heterocycles. The molecule has 1 heterocycles. The lowest BCUT2D eigenvalue weighted by molar-refractivity contribution is 0.0925. The summed E-state index contributed by atoms with van der Waals surface area (Å²) in [5.41, 5.74) is 3.02. The summed E-state index contributed by atoms with van der Waals surface area (Å²) in [6.07, 6.45) is 0.782. The third-order valence-corrected chi connectivity index (χ3v) is 5.20. The van der Waals surface area contributed by atoms with Crippen LogP contribution in [0.4, 0.5) is 11.4 Å². The molecule has 1 N–H and O–H groups in total. The van der Waals surface area contributed by atoms with E-state index in [0.717, 1.165) is 22.6 Å². The van der Waals surface area contributed by atoms with Crippen LogP contribution in [0.1, 0.15) is 50.5 Å². The first-order valence-corrected chi connectivity index (χ1v) is 10.2. The van der Waals surface area contributed by atoms with Crippen molar-refractivity contribution in [3.05, 3.63) is 89.0 Å². The number of imide groups is 1. The van der Waals surface area contributed by atoms with Crippen LogP contribution in [0, 0.1) is 0 Å². The van der Waals surface area contributed by atoms with Gasteiger partial charge in [0.05, 0.1) is 23.4 Å². The Bertz CT molecular complexity index is 1170. The summed E-state index contributed by atoms with van der Waals surface area (Å²) >= 11 is 0. The van der Waals surface area contributed by atoms with Gasteiger partial charge < -0.3 is 10.1 Å². The molecular formula is C25H22N2O4. The van der Waals surface area contributed by atoms with Crippen molar-refractivity contribution < 1.29 is 19.1 Å². The summed E-state index contributed by atoms with van der Waals surface area (Å²) in [5, 5.41) is 2.89. The van der Waals surface area contributed by atoms with Crippen LogP contribution in [0.15, 0.2) is 66.7 Å². The second-order valence-corrected chi connectivity index (χ2v) is 7.10. The molecule has 31 heavy (non-hydrogen) atoms. The maximum Gasteiger partial charge on any atom is 0.266 e. The van der Waals surface area contributed by atoms with Crippen molar-refractivity contribution >= 4 is 29.1 Å². The number of carbonyl (C=O) groups is 3. The molecule has 156 valence electrons. The second kappa shape index (κ2) is 8.44. The van der Waals surface area contributed by atoms with Crippen molar-refractivity contribution in [2.45, 2.75) is 20.3 Å². The molecule has 6 nitrogen and oxygen atoms in total. The van der Waals surface area contributed by atoms with Crippen molar-refractivity contribution in [1.82, 2.24) is 0 Å². The summed E-state index contributed by atoms with van der Waals surface area (Å²) in [5.74, 6) is -0.530. The normalized spacial score (nSPS) is 12.6. The first-order chi connectivity index (χ1) is 15.0. The second-order valence-electron chi connectivity index (χ2n) is 7.10. The third kappa shape index (κ3) is 3.80. The summed E-state index contributed by atoms with van der Waals surface area (Å²) in [6.45, 7) is 4.42. The summed E-state index contributed by atoms with van der Waals surface area (Å²) in [7, 11) is 0. The Balaban J connectivity index is 1.59. The van der Waals surface area contributed by atoms with Crippen molar-refractivity contribution in [3.63, 3.8) is 0 Å². The van der Waals surface area contributed by atoms with E-state index in [2.05, 4.69) is 5.32 Å². The average molecular weight is 414 g/mol. The molecule has 0 aromatic heterocycles. The Morgan fingerprint density at radius 3 is 2.32 bits per heavy atom. The van der Waals surface area contributed by atoms with Crippen molar-refractivity contribution in [2.75, 3.05) is 16.8 Å². The summed E-state index contributed by atoms with van der Waals surface area (Å²) in [6, 6.07) is 18.9. The van der Waals surface area contributed by atoms with Gasteiger partial charge in [-0.05, 0) is 67.4 Å². The van der Waals surface area contributed by atoms with E-state index >= 15 is 0 Å². The van der Waals surface area contributed by atoms with E-state index in [4.69, 9.17) is 4.74 Å². The number of amides is 3. The first kappa shape index (κ1) is 20.3. The SMILES string of the molecule is CCOc1ccc(N2C(=O)c3ccc(C(=O)Nc4ccccc4CC)cc3C2=O)cc1. The molecule has 0 radical (unpaired) electrons. The minimum atomic E-state index is -0.451. The topological polar surface area (TPSA) is 75.7 Å². The van der Waals surface area contributed by atoms with Crippen molar-refractivity contribution in [1.29, 1.82) is 0 Å². The van der Waals surface area contributed by atoms with Crippen LogP contribution in [-0.2, 0) is 6.42 Å². The van der Waals surface area contributed by atoms with Gasteiger partial charge in [0.25, 0.3) is 17.7 Å². The average Bonchev–Trinajstić information content (AvgIpc) is 3.04. The number of benzene rings is 3. The van der Waals surface area contributed by atoms with Crippen LogP contribution in [0.5, 0.6) is 5.75 Å². The number of fused-ring (bicyclic) bond motifs is 1. The molecular weight excluding hydrogens is 392 g/mol. The molecule has 1 aliphatic rings. The Labute approximate surface area is 180 Å². The number of carbonyl (C=O) groups excluding carboxylic acids is 3. The van der Waals surface area contributed by atoms with Crippen molar-refractivity contribution in [3.8, 4) is 5.75 Å². The van der Waals surface area contributed by atoms with E-state index in [1.807, 2.05) is 38.1 Å². The summed E-state index contributed by atoms with van der Waals surface area (Å²) in [4.78, 5) is 39.7. The highest BCUT2D eigenvalue weighted by atomic mass is 16.5. The highest BCUT2D eigenvalue weighted by Crippen LogP contribution is 2.30. The Morgan fingerprint density at radius 2 is 1.61 bits per heavy atom. The molecule has 0 atom stereocenters. The molecule has 3 amide bonds. The van der Waals surface area contributed by atoms with Gasteiger partial charge in [-0.15, -0.1) is 0 Å². The third-order valence-electron chi connectivity index (χ3n) is 5.20. The lowest BCUT2D eigenvalue weighted by Crippen LogP contribution is -2.29. The molecule has 1 aliphatic heterocycles. The van der Waals surface area contributed by atoms with E-state index in [0.29, 0.717) is 23.6 Å². The fraction of sp³-hybridized carbons (Fsp3) is 0.160. The smallest absolute Gasteiger partial charge is 0.266 e. The minimum Gasteiger partial charge on any atom is -0.494 e. The van der Waals surface area contributed by atoms with Gasteiger partial charge in [-0.25, -0.2) is 4.90 Å². The largest absolute Gasteiger partial charge is 0.494 e. The fourth-order valence-electron chi connectivity index (χ4n) is 3.62. The van der Waals surface area contributed by atoms with Crippen LogP contribution < -0.4 is 15.0 Å². The van der Waals surface area contributed by atoms with Crippen LogP contribution in [0.2, 0.25) is 0 Å². The molecule has 3 aromatic carbocycles. The molecule has 0 saturated carbocycles. The number of para-hydroxylation sites is 1. The molecule has 0 spiro atoms. The predicted molar refractivity (Wildman–Crippen MR) is 119 cm³/mol. The van der Waals surface area contributed by atoms with Gasteiger partial charge in [0, 0.05) is 11.3 Å². The fourth-order valence-corrected chi connectivity index (χ4v) is 3.62. The van der Waals surface area contributed by atoms with E-state index in [1.54, 1.807) is 30.3 Å². The number of rotatable bonds is 6. The zero-order valence-corrected chi connectivity index (χ0v) is 17.3. The molecule has 0 aliphatic carbocycles. The van der Waals surface area contributed by atoms with E-state index in [1.165, 1.54) is 12.1 Å². The van der Waals surface area contributed by atoms with E-state index in [-0.39, 0.29) is 17.0 Å². The van der Waals surface area contributed by atoms with Gasteiger partial charge in [-0.3, -0.25) is 14.4 Å². The van der Waals surface area contributed by atoms with Crippen LogP contribution in [0.3, 0.4) is 0 Å². The number of aryl methyl sites for hydroxylation is 1. The van der Waals surface area contributed by atoms with Gasteiger partial charge >= 0.3 is 0 Å². The minimum absolute atomic E-state index is 0.218. The maximum absolute atomic E-state index is 13.0. The number of anilines is 2. The number of hydrogen-bond acceptors (Lipinski definition) is 4. The monoisotopic (exact) mass is 414 g/mol. The standard InChI is InChI=1S/C25H22N2O4/c1-3-16-7-5-6-8-22(16)26-23(28)17-9-14-20-21(15-17)25(30)27(24(20)29)18-10-12-19(13-11-18)31-4-2/h5-15H,3-4H2,1-2H3,(H,26,28). The molecule has 4 rings (SSSR count). The predicted octanol–water partition coefficient (Wildman–Crippen LogP) is 4.70. The molecule has 0 fully saturated rings. The highest BCUT2D eigenvalue weighted by molar-refractivity contribution is 6.34. The quantitative estimate of drug-likeness (QED) is 0.593. The van der Waals surface area contributed by atoms with Gasteiger partial charge in [0.15, 0.2) is 0 Å². The molecule has 6 heteroatoms.